The maximum Gasteiger partial charge on any atom is 0.298 e. The van der Waals surface area contributed by atoms with E-state index in [1.807, 2.05) is 25.7 Å². The molecule has 0 aliphatic carbocycles. The van der Waals surface area contributed by atoms with Crippen molar-refractivity contribution in [1.82, 2.24) is 15.1 Å². The molecule has 1 N–H and O–H groups in total. The summed E-state index contributed by atoms with van der Waals surface area (Å²) in [6, 6.07) is 12.0. The van der Waals surface area contributed by atoms with Crippen molar-refractivity contribution in [3.63, 3.8) is 0 Å². The van der Waals surface area contributed by atoms with Gasteiger partial charge >= 0.3 is 0 Å². The minimum Gasteiger partial charge on any atom is -0.347 e. The van der Waals surface area contributed by atoms with E-state index in [9.17, 15) is 9.59 Å². The number of amides is 2. The minimum atomic E-state index is -3.19. The highest BCUT2D eigenvalue weighted by Gasteiger charge is 2.42. The molecule has 0 saturated carbocycles. The summed E-state index contributed by atoms with van der Waals surface area (Å²) < 4.78 is 30.7. The summed E-state index contributed by atoms with van der Waals surface area (Å²) in [5, 5.41) is 3.31. The van der Waals surface area contributed by atoms with Gasteiger partial charge in [-0.25, -0.2) is 0 Å². The first-order chi connectivity index (χ1) is 16.4. The van der Waals surface area contributed by atoms with Crippen LogP contribution in [0.5, 0.6) is 0 Å². The summed E-state index contributed by atoms with van der Waals surface area (Å²) >= 11 is 0. The Morgan fingerprint density at radius 3 is 2.46 bits per heavy atom. The van der Waals surface area contributed by atoms with Crippen LogP contribution >= 0.6 is 0 Å². The number of nitrogens with one attached hydrogen (secondary N) is 1. The lowest BCUT2D eigenvalue weighted by Gasteiger charge is -2.39. The molecular weight excluding hydrogens is 450 g/mol. The molecule has 2 aromatic rings. The molecule has 0 radical (unpaired) electrons. The van der Waals surface area contributed by atoms with E-state index in [-0.39, 0.29) is 40.9 Å². The lowest BCUT2D eigenvalue weighted by atomic mass is 9.86. The number of benzene rings is 2. The molecule has 0 aromatic heterocycles. The van der Waals surface area contributed by atoms with Crippen LogP contribution < -0.4 is 10.2 Å². The third-order valence-corrected chi connectivity index (χ3v) is 7.04. The number of likely N-dealkylation sites (N-methyl/N-ethyl adjacent to an activating group) is 1. The maximum absolute atomic E-state index is 15.3. The molecular formula is C27H34F2N4O2. The van der Waals surface area contributed by atoms with Crippen LogP contribution in [0.1, 0.15) is 37.5 Å². The Bertz CT molecular complexity index is 1100. The van der Waals surface area contributed by atoms with Gasteiger partial charge in [0, 0.05) is 62.0 Å². The number of halogens is 2. The largest absolute Gasteiger partial charge is 0.347 e. The van der Waals surface area contributed by atoms with Gasteiger partial charge in [-0.1, -0.05) is 56.3 Å². The Hall–Kier alpha value is -2.84. The van der Waals surface area contributed by atoms with Crippen LogP contribution in [-0.4, -0.2) is 74.0 Å². The molecule has 0 spiro atoms. The Kier molecular flexibility index (Phi) is 6.72. The zero-order chi connectivity index (χ0) is 25.5. The van der Waals surface area contributed by atoms with Crippen LogP contribution in [0.15, 0.2) is 48.5 Å². The molecule has 2 aliphatic rings. The number of hydrogen-bond donors (Lipinski definition) is 1. The zero-order valence-electron chi connectivity index (χ0n) is 21.0. The van der Waals surface area contributed by atoms with Gasteiger partial charge in [0.2, 0.25) is 11.8 Å². The number of piperazine rings is 1. The summed E-state index contributed by atoms with van der Waals surface area (Å²) in [6.07, 6.45) is 0. The Morgan fingerprint density at radius 2 is 1.80 bits per heavy atom. The van der Waals surface area contributed by atoms with Crippen LogP contribution in [0.3, 0.4) is 0 Å². The third kappa shape index (κ3) is 4.82. The van der Waals surface area contributed by atoms with Crippen LogP contribution in [0.25, 0.3) is 0 Å². The van der Waals surface area contributed by atoms with Gasteiger partial charge in [-0.2, -0.15) is 8.78 Å². The normalized spacial score (nSPS) is 22.1. The highest BCUT2D eigenvalue weighted by molar-refractivity contribution is 5.98. The van der Waals surface area contributed by atoms with Gasteiger partial charge in [-0.15, -0.1) is 0 Å². The molecule has 2 amide bonds. The standard InChI is InChI=1S/C27H34F2N4O2/c1-18-15-32(23(14-30-18)25(35)31(4)5)16-24(34)33-17-26(2,3)21-12-11-20(13-22(21)33)27(28,29)19-9-7-6-8-10-19/h6-13,18,23,30H,14-17H2,1-5H3/t18-,23-/m1/s1. The van der Waals surface area contributed by atoms with Crippen molar-refractivity contribution < 1.29 is 18.4 Å². The topological polar surface area (TPSA) is 55.9 Å². The quantitative estimate of drug-likeness (QED) is 0.708. The fourth-order valence-corrected chi connectivity index (χ4v) is 5.09. The summed E-state index contributed by atoms with van der Waals surface area (Å²) in [4.78, 5) is 31.4. The molecule has 4 rings (SSSR count). The predicted molar refractivity (Wildman–Crippen MR) is 133 cm³/mol. The second-order valence-corrected chi connectivity index (χ2v) is 10.5. The van der Waals surface area contributed by atoms with E-state index in [2.05, 4.69) is 5.32 Å². The van der Waals surface area contributed by atoms with Gasteiger partial charge in [0.05, 0.1) is 6.54 Å². The lowest BCUT2D eigenvalue weighted by Crippen LogP contribution is -2.62. The Balaban J connectivity index is 1.64. The second kappa shape index (κ2) is 9.32. The molecule has 2 aliphatic heterocycles. The second-order valence-electron chi connectivity index (χ2n) is 10.5. The first-order valence-corrected chi connectivity index (χ1v) is 12.0. The molecule has 0 unspecified atom stereocenters. The smallest absolute Gasteiger partial charge is 0.298 e. The number of carbonyl (C=O) groups is 2. The van der Waals surface area contributed by atoms with Crippen molar-refractivity contribution in [2.45, 2.75) is 44.2 Å². The SMILES string of the molecule is C[C@@H]1CN(CC(=O)N2CC(C)(C)c3ccc(C(F)(F)c4ccccc4)cc32)[C@@H](C(=O)N(C)C)CN1. The summed E-state index contributed by atoms with van der Waals surface area (Å²) in [5.41, 5.74) is 0.783. The summed E-state index contributed by atoms with van der Waals surface area (Å²) in [7, 11) is 3.40. The number of rotatable bonds is 5. The molecule has 35 heavy (non-hydrogen) atoms. The van der Waals surface area contributed by atoms with Crippen molar-refractivity contribution in [3.8, 4) is 0 Å². The van der Waals surface area contributed by atoms with Gasteiger partial charge in [-0.05, 0) is 18.6 Å². The third-order valence-electron chi connectivity index (χ3n) is 7.04. The molecule has 2 heterocycles. The average molecular weight is 485 g/mol. The predicted octanol–water partition coefficient (Wildman–Crippen LogP) is 3.20. The molecule has 1 fully saturated rings. The first kappa shape index (κ1) is 25.3. The first-order valence-electron chi connectivity index (χ1n) is 12.0. The van der Waals surface area contributed by atoms with Gasteiger partial charge in [-0.3, -0.25) is 14.5 Å². The Labute approximate surface area is 205 Å². The number of anilines is 1. The molecule has 1 saturated heterocycles. The number of nitrogens with zero attached hydrogens (tertiary/aromatic N) is 3. The summed E-state index contributed by atoms with van der Waals surface area (Å²) in [6.45, 7) is 7.49. The van der Waals surface area contributed by atoms with E-state index in [1.165, 1.54) is 29.2 Å². The fraction of sp³-hybridized carbons (Fsp3) is 0.481. The van der Waals surface area contributed by atoms with Gasteiger partial charge in [0.15, 0.2) is 0 Å². The Morgan fingerprint density at radius 1 is 1.11 bits per heavy atom. The number of fused-ring (bicyclic) bond motifs is 1. The van der Waals surface area contributed by atoms with Crippen molar-refractivity contribution in [3.05, 3.63) is 65.2 Å². The van der Waals surface area contributed by atoms with E-state index in [1.54, 1.807) is 43.3 Å². The van der Waals surface area contributed by atoms with Gasteiger partial charge < -0.3 is 15.1 Å². The van der Waals surface area contributed by atoms with E-state index < -0.39 is 12.0 Å². The minimum absolute atomic E-state index is 0.0467. The molecule has 2 aromatic carbocycles. The van der Waals surface area contributed by atoms with Crippen molar-refractivity contribution in [2.75, 3.05) is 45.2 Å². The van der Waals surface area contributed by atoms with Gasteiger partial charge in [0.1, 0.15) is 6.04 Å². The number of carbonyl (C=O) groups excluding carboxylic acids is 2. The zero-order valence-corrected chi connectivity index (χ0v) is 21.0. The van der Waals surface area contributed by atoms with Gasteiger partial charge in [0.25, 0.3) is 5.92 Å². The van der Waals surface area contributed by atoms with Crippen LogP contribution in [0.2, 0.25) is 0 Å². The molecule has 8 heteroatoms. The fourth-order valence-electron chi connectivity index (χ4n) is 5.09. The van der Waals surface area contributed by atoms with Crippen molar-refractivity contribution in [2.24, 2.45) is 0 Å². The maximum atomic E-state index is 15.3. The van der Waals surface area contributed by atoms with E-state index >= 15 is 8.78 Å². The lowest BCUT2D eigenvalue weighted by molar-refractivity contribution is -0.136. The highest BCUT2D eigenvalue weighted by atomic mass is 19.3. The van der Waals surface area contributed by atoms with Crippen LogP contribution in [-0.2, 0) is 20.9 Å². The monoisotopic (exact) mass is 484 g/mol. The molecule has 0 bridgehead atoms. The summed E-state index contributed by atoms with van der Waals surface area (Å²) in [5.74, 6) is -3.44. The van der Waals surface area contributed by atoms with E-state index in [0.717, 1.165) is 5.56 Å². The number of alkyl halides is 2. The highest BCUT2D eigenvalue weighted by Crippen LogP contribution is 2.44. The van der Waals surface area contributed by atoms with Crippen molar-refractivity contribution >= 4 is 17.5 Å². The van der Waals surface area contributed by atoms with Crippen molar-refractivity contribution in [1.29, 1.82) is 0 Å². The average Bonchev–Trinajstić information content (AvgIpc) is 3.09. The van der Waals surface area contributed by atoms with E-state index in [4.69, 9.17) is 0 Å². The molecule has 2 atom stereocenters. The molecule has 188 valence electrons. The van der Waals surface area contributed by atoms with Crippen LogP contribution in [0.4, 0.5) is 14.5 Å². The molecule has 6 nitrogen and oxygen atoms in total. The number of hydrogen-bond acceptors (Lipinski definition) is 4. The van der Waals surface area contributed by atoms with E-state index in [0.29, 0.717) is 25.3 Å². The van der Waals surface area contributed by atoms with Crippen LogP contribution in [0, 0.1) is 0 Å².